The third-order valence-electron chi connectivity index (χ3n) is 2.13. The van der Waals surface area contributed by atoms with Gasteiger partial charge < -0.3 is 0 Å². The van der Waals surface area contributed by atoms with Crippen LogP contribution in [0.2, 0.25) is 5.02 Å². The van der Waals surface area contributed by atoms with Crippen LogP contribution in [0.25, 0.3) is 0 Å². The monoisotopic (exact) mass is 246 g/mol. The summed E-state index contributed by atoms with van der Waals surface area (Å²) in [5, 5.41) is 0.505. The fraction of sp³-hybridized carbons (Fsp3) is 0.600. The predicted molar refractivity (Wildman–Crippen MR) is 65.8 cm³/mol. The molecule has 1 rings (SSSR count). The average Bonchev–Trinajstić information content (AvgIpc) is 2.23. The smallest absolute Gasteiger partial charge is 0.298 e. The summed E-state index contributed by atoms with van der Waals surface area (Å²) in [7, 11) is 0. The van der Waals surface area contributed by atoms with Crippen LogP contribution in [0.1, 0.15) is 25.7 Å². The Labute approximate surface area is 99.9 Å². The summed E-state index contributed by atoms with van der Waals surface area (Å²) in [6, 6.07) is 0. The number of unbranched alkanes of at least 4 members (excludes halogenated alkanes) is 3. The number of rotatable bonds is 6. The van der Waals surface area contributed by atoms with E-state index in [-0.39, 0.29) is 5.69 Å². The molecule has 0 aliphatic carbocycles. The van der Waals surface area contributed by atoms with Crippen molar-refractivity contribution in [2.75, 3.05) is 5.75 Å². The first-order chi connectivity index (χ1) is 7.24. The number of aromatic nitrogens is 2. The van der Waals surface area contributed by atoms with Crippen molar-refractivity contribution in [3.05, 3.63) is 27.9 Å². The van der Waals surface area contributed by atoms with Gasteiger partial charge in [-0.3, -0.25) is 4.57 Å². The molecule has 0 saturated heterocycles. The molecule has 0 amide bonds. The van der Waals surface area contributed by atoms with Crippen LogP contribution in [0.15, 0.2) is 17.2 Å². The van der Waals surface area contributed by atoms with Gasteiger partial charge >= 0.3 is 5.69 Å². The van der Waals surface area contributed by atoms with Gasteiger partial charge in [0.2, 0.25) is 0 Å². The number of aryl methyl sites for hydroxylation is 1. The largest absolute Gasteiger partial charge is 0.347 e. The van der Waals surface area contributed by atoms with E-state index >= 15 is 0 Å². The molecule has 1 aromatic rings. The normalized spacial score (nSPS) is 10.5. The second kappa shape index (κ2) is 6.90. The molecule has 5 heteroatoms. The summed E-state index contributed by atoms with van der Waals surface area (Å²) in [6.07, 6.45) is 7.39. The van der Waals surface area contributed by atoms with Gasteiger partial charge in [-0.2, -0.15) is 12.6 Å². The summed E-state index contributed by atoms with van der Waals surface area (Å²) in [4.78, 5) is 14.9. The van der Waals surface area contributed by atoms with Crippen LogP contribution < -0.4 is 5.69 Å². The molecule has 0 aromatic carbocycles. The molecule has 84 valence electrons. The van der Waals surface area contributed by atoms with E-state index in [1.54, 1.807) is 10.8 Å². The minimum atomic E-state index is -0.228. The van der Waals surface area contributed by atoms with Crippen molar-refractivity contribution in [1.29, 1.82) is 0 Å². The standard InChI is InChI=1S/C10H15ClN2OS/c11-9-7-12-10(14)13(8-9)5-3-1-2-4-6-15/h7-8,15H,1-6H2. The van der Waals surface area contributed by atoms with Crippen molar-refractivity contribution < 1.29 is 0 Å². The third-order valence-corrected chi connectivity index (χ3v) is 2.64. The highest BCUT2D eigenvalue weighted by molar-refractivity contribution is 7.80. The quantitative estimate of drug-likeness (QED) is 0.618. The molecular weight excluding hydrogens is 232 g/mol. The van der Waals surface area contributed by atoms with Gasteiger partial charge in [0.25, 0.3) is 0 Å². The van der Waals surface area contributed by atoms with Crippen molar-refractivity contribution in [3.8, 4) is 0 Å². The molecule has 1 aromatic heterocycles. The van der Waals surface area contributed by atoms with E-state index in [4.69, 9.17) is 11.6 Å². The summed E-state index contributed by atoms with van der Waals surface area (Å²) in [5.41, 5.74) is -0.228. The summed E-state index contributed by atoms with van der Waals surface area (Å²) in [6.45, 7) is 0.693. The van der Waals surface area contributed by atoms with Gasteiger partial charge in [-0.05, 0) is 18.6 Å². The van der Waals surface area contributed by atoms with Crippen LogP contribution in [-0.2, 0) is 6.54 Å². The SMILES string of the molecule is O=c1ncc(Cl)cn1CCCCCCS. The highest BCUT2D eigenvalue weighted by atomic mass is 35.5. The lowest BCUT2D eigenvalue weighted by Crippen LogP contribution is -2.21. The summed E-state index contributed by atoms with van der Waals surface area (Å²) < 4.78 is 1.56. The highest BCUT2D eigenvalue weighted by Crippen LogP contribution is 2.05. The molecule has 0 bridgehead atoms. The van der Waals surface area contributed by atoms with Crippen molar-refractivity contribution in [1.82, 2.24) is 9.55 Å². The molecule has 0 aliphatic rings. The third kappa shape index (κ3) is 4.71. The van der Waals surface area contributed by atoms with Gasteiger partial charge in [-0.15, -0.1) is 0 Å². The zero-order valence-electron chi connectivity index (χ0n) is 8.53. The molecule has 0 aliphatic heterocycles. The molecule has 0 fully saturated rings. The van der Waals surface area contributed by atoms with Crippen molar-refractivity contribution in [2.24, 2.45) is 0 Å². The van der Waals surface area contributed by atoms with Crippen molar-refractivity contribution in [3.63, 3.8) is 0 Å². The van der Waals surface area contributed by atoms with E-state index in [0.717, 1.165) is 31.4 Å². The van der Waals surface area contributed by atoms with Gasteiger partial charge in [0.05, 0.1) is 11.2 Å². The molecular formula is C10H15ClN2OS. The van der Waals surface area contributed by atoms with Gasteiger partial charge in [0.1, 0.15) is 0 Å². The van der Waals surface area contributed by atoms with Gasteiger partial charge in [-0.25, -0.2) is 9.78 Å². The maximum Gasteiger partial charge on any atom is 0.347 e. The fourth-order valence-corrected chi connectivity index (χ4v) is 1.73. The molecule has 1 heterocycles. The second-order valence-corrected chi connectivity index (χ2v) is 4.27. The first kappa shape index (κ1) is 12.6. The van der Waals surface area contributed by atoms with Crippen LogP contribution >= 0.6 is 24.2 Å². The van der Waals surface area contributed by atoms with E-state index in [0.29, 0.717) is 11.6 Å². The fourth-order valence-electron chi connectivity index (χ4n) is 1.34. The number of thiol groups is 1. The van der Waals surface area contributed by atoms with Crippen LogP contribution in [-0.4, -0.2) is 15.3 Å². The molecule has 0 N–H and O–H groups in total. The number of hydrogen-bond donors (Lipinski definition) is 1. The molecule has 0 radical (unpaired) electrons. The summed E-state index contributed by atoms with van der Waals surface area (Å²) >= 11 is 9.89. The minimum absolute atomic E-state index is 0.228. The number of hydrogen-bond acceptors (Lipinski definition) is 3. The first-order valence-corrected chi connectivity index (χ1v) is 6.08. The van der Waals surface area contributed by atoms with E-state index in [1.165, 1.54) is 6.20 Å². The maximum atomic E-state index is 11.3. The first-order valence-electron chi connectivity index (χ1n) is 5.07. The van der Waals surface area contributed by atoms with Crippen LogP contribution in [0, 0.1) is 0 Å². The Kier molecular flexibility index (Phi) is 5.79. The Bertz CT molecular complexity index is 354. The Morgan fingerprint density at radius 1 is 1.33 bits per heavy atom. The topological polar surface area (TPSA) is 34.9 Å². The zero-order chi connectivity index (χ0) is 11.1. The van der Waals surface area contributed by atoms with Gasteiger partial charge in [0, 0.05) is 12.7 Å². The van der Waals surface area contributed by atoms with Crippen molar-refractivity contribution >= 4 is 24.2 Å². The van der Waals surface area contributed by atoms with Crippen molar-refractivity contribution in [2.45, 2.75) is 32.2 Å². The minimum Gasteiger partial charge on any atom is -0.298 e. The van der Waals surface area contributed by atoms with Crippen LogP contribution in [0.5, 0.6) is 0 Å². The molecule has 0 unspecified atom stereocenters. The van der Waals surface area contributed by atoms with Crippen LogP contribution in [0.3, 0.4) is 0 Å². The van der Waals surface area contributed by atoms with E-state index in [1.807, 2.05) is 0 Å². The van der Waals surface area contributed by atoms with Gasteiger partial charge in [-0.1, -0.05) is 24.4 Å². The second-order valence-electron chi connectivity index (χ2n) is 3.39. The predicted octanol–water partition coefficient (Wildman–Crippen LogP) is 2.39. The highest BCUT2D eigenvalue weighted by Gasteiger charge is 1.97. The lowest BCUT2D eigenvalue weighted by molar-refractivity contribution is 0.563. The zero-order valence-corrected chi connectivity index (χ0v) is 10.2. The lowest BCUT2D eigenvalue weighted by Gasteiger charge is -2.04. The van der Waals surface area contributed by atoms with E-state index in [2.05, 4.69) is 17.6 Å². The van der Waals surface area contributed by atoms with Gasteiger partial charge in [0.15, 0.2) is 0 Å². The number of nitrogens with zero attached hydrogens (tertiary/aromatic N) is 2. The Balaban J connectivity index is 2.37. The van der Waals surface area contributed by atoms with E-state index in [9.17, 15) is 4.79 Å². The Hall–Kier alpha value is -0.480. The molecule has 15 heavy (non-hydrogen) atoms. The average molecular weight is 247 g/mol. The van der Waals surface area contributed by atoms with Crippen LogP contribution in [0.4, 0.5) is 0 Å². The lowest BCUT2D eigenvalue weighted by atomic mass is 10.2. The Morgan fingerprint density at radius 3 is 2.80 bits per heavy atom. The molecule has 3 nitrogen and oxygen atoms in total. The molecule has 0 spiro atoms. The number of halogens is 1. The Morgan fingerprint density at radius 2 is 2.07 bits per heavy atom. The summed E-state index contributed by atoms with van der Waals surface area (Å²) in [5.74, 6) is 0.929. The molecule has 0 atom stereocenters. The van der Waals surface area contributed by atoms with E-state index < -0.39 is 0 Å². The maximum absolute atomic E-state index is 11.3. The molecule has 0 saturated carbocycles.